The molecule has 4 amide bonds. The van der Waals surface area contributed by atoms with Crippen LogP contribution in [-0.4, -0.2) is 23.6 Å². The van der Waals surface area contributed by atoms with Crippen LogP contribution in [0, 0.1) is 0 Å². The number of thiophene rings is 2. The monoisotopic (exact) mass is 548 g/mol. The molecule has 4 aromatic rings. The second-order valence-corrected chi connectivity index (χ2v) is 10.2. The summed E-state index contributed by atoms with van der Waals surface area (Å²) in [6.07, 6.45) is 0.185. The Labute approximate surface area is 217 Å². The Hall–Kier alpha value is -3.18. The molecule has 0 saturated carbocycles. The van der Waals surface area contributed by atoms with Gasteiger partial charge in [0.05, 0.1) is 10.0 Å². The van der Waals surface area contributed by atoms with Crippen LogP contribution in [0.2, 0.25) is 10.0 Å². The van der Waals surface area contributed by atoms with Crippen LogP contribution in [0.5, 0.6) is 0 Å². The van der Waals surface area contributed by atoms with Gasteiger partial charge in [-0.2, -0.15) is 0 Å². The number of hydrazine groups is 2. The highest BCUT2D eigenvalue weighted by atomic mass is 35.5. The summed E-state index contributed by atoms with van der Waals surface area (Å²) in [6, 6.07) is 14.7. The first-order valence-electron chi connectivity index (χ1n) is 10.4. The minimum atomic E-state index is -0.523. The van der Waals surface area contributed by atoms with Gasteiger partial charge in [-0.25, -0.2) is 0 Å². The van der Waals surface area contributed by atoms with Gasteiger partial charge in [-0.1, -0.05) is 59.6 Å². The van der Waals surface area contributed by atoms with E-state index in [2.05, 4.69) is 21.7 Å². The van der Waals surface area contributed by atoms with Crippen molar-refractivity contribution in [3.05, 3.63) is 68.3 Å². The highest BCUT2D eigenvalue weighted by Crippen LogP contribution is 2.35. The van der Waals surface area contributed by atoms with Crippen molar-refractivity contribution in [3.8, 4) is 0 Å². The van der Waals surface area contributed by atoms with Crippen LogP contribution in [0.3, 0.4) is 0 Å². The Kier molecular flexibility index (Phi) is 7.86. The van der Waals surface area contributed by atoms with Crippen LogP contribution < -0.4 is 21.7 Å². The van der Waals surface area contributed by atoms with E-state index in [-0.39, 0.29) is 19.3 Å². The maximum Gasteiger partial charge on any atom is 0.281 e. The zero-order valence-electron chi connectivity index (χ0n) is 17.9. The van der Waals surface area contributed by atoms with E-state index in [1.54, 1.807) is 0 Å². The van der Waals surface area contributed by atoms with Crippen LogP contribution in [0.4, 0.5) is 0 Å². The maximum atomic E-state index is 12.4. The first-order chi connectivity index (χ1) is 16.8. The predicted octanol–water partition coefficient (Wildman–Crippen LogP) is 4.82. The number of hydrogen-bond acceptors (Lipinski definition) is 6. The van der Waals surface area contributed by atoms with E-state index < -0.39 is 23.6 Å². The molecule has 0 saturated heterocycles. The molecular weight excluding hydrogens is 531 g/mol. The van der Waals surface area contributed by atoms with Gasteiger partial charge in [-0.05, 0) is 18.6 Å². The molecule has 8 nitrogen and oxygen atoms in total. The molecule has 2 heterocycles. The van der Waals surface area contributed by atoms with Crippen LogP contribution in [0.1, 0.15) is 38.6 Å². The van der Waals surface area contributed by atoms with E-state index in [4.69, 9.17) is 23.2 Å². The Balaban J connectivity index is 1.18. The van der Waals surface area contributed by atoms with Crippen LogP contribution in [0.25, 0.3) is 20.2 Å². The van der Waals surface area contributed by atoms with E-state index in [1.165, 1.54) is 22.7 Å². The quantitative estimate of drug-likeness (QED) is 0.258. The molecular formula is C23H18Cl2N4O4S2. The van der Waals surface area contributed by atoms with Gasteiger partial charge >= 0.3 is 0 Å². The number of nitrogens with one attached hydrogen (secondary N) is 4. The van der Waals surface area contributed by atoms with Crippen molar-refractivity contribution < 1.29 is 19.2 Å². The summed E-state index contributed by atoms with van der Waals surface area (Å²) in [5, 5.41) is 2.19. The smallest absolute Gasteiger partial charge is 0.273 e. The first kappa shape index (κ1) is 24.9. The van der Waals surface area contributed by atoms with Gasteiger partial charge < -0.3 is 0 Å². The molecule has 0 fully saturated rings. The second kappa shape index (κ2) is 11.0. The summed E-state index contributed by atoms with van der Waals surface area (Å²) < 4.78 is 1.73. The van der Waals surface area contributed by atoms with Crippen molar-refractivity contribution in [2.75, 3.05) is 0 Å². The van der Waals surface area contributed by atoms with Gasteiger partial charge in [-0.3, -0.25) is 40.9 Å². The van der Waals surface area contributed by atoms with Gasteiger partial charge in [0.25, 0.3) is 11.8 Å². The molecule has 35 heavy (non-hydrogen) atoms. The number of amides is 4. The summed E-state index contributed by atoms with van der Waals surface area (Å²) in [7, 11) is 0. The molecule has 180 valence electrons. The highest BCUT2D eigenvalue weighted by Gasteiger charge is 2.19. The summed E-state index contributed by atoms with van der Waals surface area (Å²) in [5.41, 5.74) is 9.29. The van der Waals surface area contributed by atoms with Crippen molar-refractivity contribution >= 4 is 89.7 Å². The van der Waals surface area contributed by atoms with Gasteiger partial charge in [-0.15, -0.1) is 22.7 Å². The molecule has 0 aliphatic carbocycles. The minimum absolute atomic E-state index is 0.00998. The molecule has 4 rings (SSSR count). The number of carbonyl (C=O) groups is 4. The molecule has 0 unspecified atom stereocenters. The molecule has 4 N–H and O–H groups in total. The molecule has 0 aliphatic heterocycles. The van der Waals surface area contributed by atoms with E-state index in [1.807, 2.05) is 48.5 Å². The van der Waals surface area contributed by atoms with E-state index >= 15 is 0 Å². The lowest BCUT2D eigenvalue weighted by Gasteiger charge is -2.08. The van der Waals surface area contributed by atoms with Gasteiger partial charge in [0.1, 0.15) is 9.75 Å². The topological polar surface area (TPSA) is 116 Å². The normalized spacial score (nSPS) is 10.8. The molecule has 2 aromatic carbocycles. The second-order valence-electron chi connectivity index (χ2n) is 7.34. The molecule has 0 spiro atoms. The number of benzene rings is 2. The number of halogens is 2. The van der Waals surface area contributed by atoms with Crippen molar-refractivity contribution in [1.82, 2.24) is 21.7 Å². The summed E-state index contributed by atoms with van der Waals surface area (Å²) in [5.74, 6) is -1.98. The minimum Gasteiger partial charge on any atom is -0.273 e. The Bertz CT molecular complexity index is 1340. The highest BCUT2D eigenvalue weighted by molar-refractivity contribution is 7.22. The molecule has 0 radical (unpaired) electrons. The number of rotatable bonds is 6. The number of carbonyl (C=O) groups excluding carboxylic acids is 4. The number of fused-ring (bicyclic) bond motifs is 2. The summed E-state index contributed by atoms with van der Waals surface area (Å²) in [4.78, 5) is 49.3. The summed E-state index contributed by atoms with van der Waals surface area (Å²) >= 11 is 15.0. The van der Waals surface area contributed by atoms with E-state index in [0.717, 1.165) is 20.2 Å². The zero-order chi connectivity index (χ0) is 24.9. The fraction of sp³-hybridized carbons (Fsp3) is 0.130. The third-order valence-electron chi connectivity index (χ3n) is 4.92. The summed E-state index contributed by atoms with van der Waals surface area (Å²) in [6.45, 7) is 0. The lowest BCUT2D eigenvalue weighted by molar-refractivity contribution is -0.123. The van der Waals surface area contributed by atoms with Crippen LogP contribution >= 0.6 is 45.9 Å². The molecule has 0 aliphatic rings. The van der Waals surface area contributed by atoms with Gasteiger partial charge in [0, 0.05) is 33.0 Å². The number of hydrogen-bond donors (Lipinski definition) is 4. The fourth-order valence-electron chi connectivity index (χ4n) is 3.22. The molecule has 2 aromatic heterocycles. The third-order valence-corrected chi connectivity index (χ3v) is 8.27. The maximum absolute atomic E-state index is 12.4. The molecule has 12 heteroatoms. The Morgan fingerprint density at radius 3 is 1.43 bits per heavy atom. The fourth-order valence-corrected chi connectivity index (χ4v) is 6.05. The third kappa shape index (κ3) is 5.73. The van der Waals surface area contributed by atoms with Crippen molar-refractivity contribution in [2.45, 2.75) is 19.3 Å². The van der Waals surface area contributed by atoms with E-state index in [0.29, 0.717) is 19.8 Å². The molecule has 0 bridgehead atoms. The van der Waals surface area contributed by atoms with Gasteiger partial charge in [0.2, 0.25) is 11.8 Å². The van der Waals surface area contributed by atoms with Crippen molar-refractivity contribution in [3.63, 3.8) is 0 Å². The molecule has 0 atom stereocenters. The lowest BCUT2D eigenvalue weighted by atomic mass is 10.2. The Morgan fingerprint density at radius 1 is 0.629 bits per heavy atom. The standard InChI is InChI=1S/C23H18Cl2N4O4S2/c24-18-12-6-1-3-8-14(12)34-20(18)22(32)28-26-16(30)10-5-11-17(31)27-29-23(33)21-19(25)13-7-2-4-9-15(13)35-21/h1-4,6-9H,5,10-11H2,(H,26,30)(H,27,31)(H,28,32)(H,29,33). The first-order valence-corrected chi connectivity index (χ1v) is 12.8. The largest absolute Gasteiger partial charge is 0.281 e. The van der Waals surface area contributed by atoms with E-state index in [9.17, 15) is 19.2 Å². The van der Waals surface area contributed by atoms with Crippen LogP contribution in [0.15, 0.2) is 48.5 Å². The lowest BCUT2D eigenvalue weighted by Crippen LogP contribution is -2.42. The average Bonchev–Trinajstić information content (AvgIpc) is 3.38. The van der Waals surface area contributed by atoms with Crippen LogP contribution in [-0.2, 0) is 9.59 Å². The SMILES string of the molecule is O=C(CCCC(=O)NNC(=O)c1sc2ccccc2c1Cl)NNC(=O)c1sc2ccccc2c1Cl. The Morgan fingerprint density at radius 2 is 1.03 bits per heavy atom. The van der Waals surface area contributed by atoms with Crippen molar-refractivity contribution in [2.24, 2.45) is 0 Å². The average molecular weight is 549 g/mol. The van der Waals surface area contributed by atoms with Crippen molar-refractivity contribution in [1.29, 1.82) is 0 Å². The van der Waals surface area contributed by atoms with Gasteiger partial charge in [0.15, 0.2) is 0 Å². The zero-order valence-corrected chi connectivity index (χ0v) is 21.1. The predicted molar refractivity (Wildman–Crippen MR) is 139 cm³/mol.